The van der Waals surface area contributed by atoms with Gasteiger partial charge in [-0.15, -0.1) is 0 Å². The molecule has 0 atom stereocenters. The van der Waals surface area contributed by atoms with Gasteiger partial charge in [0.2, 0.25) is 5.43 Å². The van der Waals surface area contributed by atoms with E-state index in [0.717, 1.165) is 12.3 Å². The summed E-state index contributed by atoms with van der Waals surface area (Å²) in [5, 5.41) is 0.465. The van der Waals surface area contributed by atoms with E-state index in [1.54, 1.807) is 12.1 Å². The quantitative estimate of drug-likeness (QED) is 0.880. The number of rotatable bonds is 3. The first-order chi connectivity index (χ1) is 8.90. The molecule has 0 fully saturated rings. The number of halogens is 2. The molecular formula is C11H8BrClN2O3S. The van der Waals surface area contributed by atoms with Gasteiger partial charge in [0.25, 0.3) is 10.0 Å². The van der Waals surface area contributed by atoms with Crippen LogP contribution in [0.1, 0.15) is 0 Å². The Morgan fingerprint density at radius 2 is 2.00 bits per heavy atom. The van der Waals surface area contributed by atoms with Crippen molar-refractivity contribution in [1.29, 1.82) is 0 Å². The molecule has 1 aromatic heterocycles. The summed E-state index contributed by atoms with van der Waals surface area (Å²) in [4.78, 5) is 13.7. The second-order valence-corrected chi connectivity index (χ2v) is 6.54. The Balaban J connectivity index is 2.43. The first-order valence-electron chi connectivity index (χ1n) is 5.05. The molecule has 0 unspecified atom stereocenters. The van der Waals surface area contributed by atoms with Gasteiger partial charge in [0.05, 0.1) is 5.69 Å². The van der Waals surface area contributed by atoms with E-state index in [1.807, 2.05) is 0 Å². The average molecular weight is 364 g/mol. The number of nitrogens with one attached hydrogen (secondary N) is 2. The molecule has 1 aromatic carbocycles. The fourth-order valence-electron chi connectivity index (χ4n) is 1.38. The monoisotopic (exact) mass is 362 g/mol. The fourth-order valence-corrected chi connectivity index (χ4v) is 3.43. The molecule has 2 rings (SSSR count). The molecule has 0 saturated carbocycles. The van der Waals surface area contributed by atoms with Gasteiger partial charge >= 0.3 is 0 Å². The van der Waals surface area contributed by atoms with Gasteiger partial charge < -0.3 is 4.98 Å². The number of hydrogen-bond donors (Lipinski definition) is 2. The summed E-state index contributed by atoms with van der Waals surface area (Å²) in [7, 11) is -3.95. The van der Waals surface area contributed by atoms with Crippen molar-refractivity contribution in [2.45, 2.75) is 4.90 Å². The standard InChI is InChI=1S/C11H8BrClN2O3S/c12-8-5-7(13)1-2-9(8)15-19(17,18)11-6-14-4-3-10(11)16/h1-6,15H,(H,14,16). The van der Waals surface area contributed by atoms with Gasteiger partial charge in [-0.2, -0.15) is 0 Å². The molecule has 0 saturated heterocycles. The summed E-state index contributed by atoms with van der Waals surface area (Å²) < 4.78 is 26.9. The minimum atomic E-state index is -3.95. The highest BCUT2D eigenvalue weighted by atomic mass is 79.9. The maximum atomic E-state index is 12.1. The van der Waals surface area contributed by atoms with E-state index in [4.69, 9.17) is 11.6 Å². The molecule has 1 heterocycles. The first kappa shape index (κ1) is 14.1. The van der Waals surface area contributed by atoms with E-state index in [2.05, 4.69) is 25.6 Å². The lowest BCUT2D eigenvalue weighted by molar-refractivity contribution is 0.600. The number of sulfonamides is 1. The van der Waals surface area contributed by atoms with Crippen molar-refractivity contribution < 1.29 is 8.42 Å². The average Bonchev–Trinajstić information content (AvgIpc) is 2.33. The molecule has 0 bridgehead atoms. The number of aromatic nitrogens is 1. The van der Waals surface area contributed by atoms with Crippen LogP contribution in [0.25, 0.3) is 0 Å². The largest absolute Gasteiger partial charge is 0.366 e. The number of benzene rings is 1. The van der Waals surface area contributed by atoms with Crippen LogP contribution in [0, 0.1) is 0 Å². The number of aromatic amines is 1. The molecule has 0 aliphatic heterocycles. The van der Waals surface area contributed by atoms with Gasteiger partial charge in [-0.05, 0) is 34.1 Å². The van der Waals surface area contributed by atoms with Crippen molar-refractivity contribution in [2.24, 2.45) is 0 Å². The molecule has 5 nitrogen and oxygen atoms in total. The summed E-state index contributed by atoms with van der Waals surface area (Å²) >= 11 is 8.96. The lowest BCUT2D eigenvalue weighted by Gasteiger charge is -2.09. The molecule has 0 amide bonds. The molecule has 2 aromatic rings. The Hall–Kier alpha value is -1.31. The zero-order chi connectivity index (χ0) is 14.0. The van der Waals surface area contributed by atoms with Gasteiger partial charge in [0.15, 0.2) is 4.90 Å². The number of hydrogen-bond acceptors (Lipinski definition) is 3. The minimum Gasteiger partial charge on any atom is -0.366 e. The number of anilines is 1. The summed E-state index contributed by atoms with van der Waals surface area (Å²) in [6, 6.07) is 5.74. The Bertz CT molecular complexity index is 774. The lowest BCUT2D eigenvalue weighted by atomic mass is 10.3. The third kappa shape index (κ3) is 3.17. The van der Waals surface area contributed by atoms with Gasteiger partial charge in [-0.3, -0.25) is 9.52 Å². The molecule has 19 heavy (non-hydrogen) atoms. The van der Waals surface area contributed by atoms with Gasteiger partial charge in [0, 0.05) is 28.0 Å². The zero-order valence-corrected chi connectivity index (χ0v) is 12.5. The van der Waals surface area contributed by atoms with E-state index < -0.39 is 15.5 Å². The topological polar surface area (TPSA) is 79.0 Å². The van der Waals surface area contributed by atoms with Crippen molar-refractivity contribution in [3.05, 3.63) is 56.4 Å². The second-order valence-electron chi connectivity index (χ2n) is 3.60. The van der Waals surface area contributed by atoms with Crippen LogP contribution < -0.4 is 10.2 Å². The Morgan fingerprint density at radius 3 is 2.63 bits per heavy atom. The van der Waals surface area contributed by atoms with E-state index in [1.165, 1.54) is 12.3 Å². The normalized spacial score (nSPS) is 11.3. The van der Waals surface area contributed by atoms with Crippen molar-refractivity contribution >= 4 is 43.2 Å². The van der Waals surface area contributed by atoms with E-state index in [-0.39, 0.29) is 4.90 Å². The van der Waals surface area contributed by atoms with Crippen molar-refractivity contribution in [1.82, 2.24) is 4.98 Å². The Labute approximate surface area is 122 Å². The molecule has 8 heteroatoms. The number of H-pyrrole nitrogens is 1. The van der Waals surface area contributed by atoms with E-state index >= 15 is 0 Å². The van der Waals surface area contributed by atoms with Crippen molar-refractivity contribution in [3.63, 3.8) is 0 Å². The molecule has 0 aliphatic rings. The highest BCUT2D eigenvalue weighted by Gasteiger charge is 2.18. The Kier molecular flexibility index (Phi) is 3.98. The van der Waals surface area contributed by atoms with Crippen LogP contribution in [0.2, 0.25) is 5.02 Å². The van der Waals surface area contributed by atoms with Gasteiger partial charge in [0.1, 0.15) is 0 Å². The predicted molar refractivity (Wildman–Crippen MR) is 77.0 cm³/mol. The van der Waals surface area contributed by atoms with E-state index in [9.17, 15) is 13.2 Å². The van der Waals surface area contributed by atoms with Gasteiger partial charge in [-0.25, -0.2) is 8.42 Å². The second kappa shape index (κ2) is 5.36. The van der Waals surface area contributed by atoms with Crippen LogP contribution in [0.3, 0.4) is 0 Å². The highest BCUT2D eigenvalue weighted by molar-refractivity contribution is 9.10. The molecule has 0 spiro atoms. The van der Waals surface area contributed by atoms with Gasteiger partial charge in [-0.1, -0.05) is 11.6 Å². The van der Waals surface area contributed by atoms with Crippen molar-refractivity contribution in [3.8, 4) is 0 Å². The molecule has 2 N–H and O–H groups in total. The summed E-state index contributed by atoms with van der Waals surface area (Å²) in [5.41, 5.74) is -0.288. The van der Waals surface area contributed by atoms with Crippen LogP contribution in [0.15, 0.2) is 50.8 Å². The third-order valence-corrected chi connectivity index (χ3v) is 4.53. The van der Waals surface area contributed by atoms with E-state index in [0.29, 0.717) is 15.2 Å². The number of pyridine rings is 1. The zero-order valence-electron chi connectivity index (χ0n) is 9.35. The summed E-state index contributed by atoms with van der Waals surface area (Å²) in [6.07, 6.45) is 2.49. The van der Waals surface area contributed by atoms with Crippen LogP contribution >= 0.6 is 27.5 Å². The predicted octanol–water partition coefficient (Wildman–Crippen LogP) is 2.59. The maximum absolute atomic E-state index is 12.1. The Morgan fingerprint density at radius 1 is 1.26 bits per heavy atom. The summed E-state index contributed by atoms with van der Waals surface area (Å²) in [6.45, 7) is 0. The highest BCUT2D eigenvalue weighted by Crippen LogP contribution is 2.27. The lowest BCUT2D eigenvalue weighted by Crippen LogP contribution is -2.21. The summed E-state index contributed by atoms with van der Waals surface area (Å²) in [5.74, 6) is 0. The van der Waals surface area contributed by atoms with Crippen molar-refractivity contribution in [2.75, 3.05) is 4.72 Å². The third-order valence-electron chi connectivity index (χ3n) is 2.25. The smallest absolute Gasteiger partial charge is 0.267 e. The SMILES string of the molecule is O=c1cc[nH]cc1S(=O)(=O)Nc1ccc(Cl)cc1Br. The first-order valence-corrected chi connectivity index (χ1v) is 7.70. The molecular weight excluding hydrogens is 356 g/mol. The molecule has 0 aliphatic carbocycles. The van der Waals surface area contributed by atoms with Crippen LogP contribution in [-0.4, -0.2) is 13.4 Å². The van der Waals surface area contributed by atoms with Crippen LogP contribution in [0.5, 0.6) is 0 Å². The maximum Gasteiger partial charge on any atom is 0.267 e. The molecule has 100 valence electrons. The van der Waals surface area contributed by atoms with Crippen LogP contribution in [0.4, 0.5) is 5.69 Å². The van der Waals surface area contributed by atoms with Crippen LogP contribution in [-0.2, 0) is 10.0 Å². The fraction of sp³-hybridized carbons (Fsp3) is 0. The minimum absolute atomic E-state index is 0.299. The molecule has 0 radical (unpaired) electrons.